The van der Waals surface area contributed by atoms with Gasteiger partial charge in [0.15, 0.2) is 0 Å². The van der Waals surface area contributed by atoms with Crippen LogP contribution in [0, 0.1) is 5.92 Å². The highest BCUT2D eigenvalue weighted by Gasteiger charge is 2.06. The van der Waals surface area contributed by atoms with E-state index >= 15 is 0 Å². The Hall–Kier alpha value is -1.26. The Morgan fingerprint density at radius 3 is 2.58 bits per heavy atom. The van der Waals surface area contributed by atoms with Gasteiger partial charge in [-0.05, 0) is 12.3 Å². The molecule has 5 heteroatoms. The van der Waals surface area contributed by atoms with Crippen LogP contribution in [0.5, 0.6) is 0 Å². The number of carboxylic acid groups (broad SMARTS) is 1. The predicted octanol–water partition coefficient (Wildman–Crippen LogP) is 0.583. The van der Waals surface area contributed by atoms with Gasteiger partial charge in [0.2, 0.25) is 0 Å². The van der Waals surface area contributed by atoms with Crippen molar-refractivity contribution in [2.24, 2.45) is 11.7 Å². The summed E-state index contributed by atoms with van der Waals surface area (Å²) in [6.07, 6.45) is -0.247. The maximum atomic E-state index is 10.1. The maximum absolute atomic E-state index is 10.1. The molecule has 0 aliphatic carbocycles. The lowest BCUT2D eigenvalue weighted by Crippen LogP contribution is -2.17. The molecule has 0 heterocycles. The van der Waals surface area contributed by atoms with Gasteiger partial charge in [-0.25, -0.2) is 4.79 Å². The average molecular weight is 175 g/mol. The third kappa shape index (κ3) is 6.85. The lowest BCUT2D eigenvalue weighted by atomic mass is 10.1. The Balaban J connectivity index is 3.39. The van der Waals surface area contributed by atoms with Crippen molar-refractivity contribution in [3.63, 3.8) is 0 Å². The highest BCUT2D eigenvalue weighted by molar-refractivity contribution is 5.66. The van der Waals surface area contributed by atoms with Gasteiger partial charge >= 0.3 is 12.1 Å². The number of amides is 1. The molecule has 1 atom stereocenters. The molecule has 0 fully saturated rings. The molecule has 12 heavy (non-hydrogen) atoms. The molecule has 1 unspecified atom stereocenters. The van der Waals surface area contributed by atoms with Crippen molar-refractivity contribution in [1.29, 1.82) is 0 Å². The molecule has 0 saturated carbocycles. The highest BCUT2D eigenvalue weighted by atomic mass is 16.5. The Kier molecular flexibility index (Phi) is 4.83. The largest absolute Gasteiger partial charge is 0.481 e. The van der Waals surface area contributed by atoms with Crippen molar-refractivity contribution < 1.29 is 19.4 Å². The third-order valence-electron chi connectivity index (χ3n) is 1.36. The Labute approximate surface area is 70.5 Å². The number of rotatable bonds is 5. The van der Waals surface area contributed by atoms with E-state index in [9.17, 15) is 9.59 Å². The fourth-order valence-electron chi connectivity index (χ4n) is 0.678. The lowest BCUT2D eigenvalue weighted by Gasteiger charge is -2.08. The molecular weight excluding hydrogens is 162 g/mol. The van der Waals surface area contributed by atoms with E-state index in [1.165, 1.54) is 0 Å². The molecule has 0 aromatic rings. The average Bonchev–Trinajstić information content (AvgIpc) is 1.96. The zero-order valence-corrected chi connectivity index (χ0v) is 6.95. The molecule has 0 rings (SSSR count). The number of hydrogen-bond acceptors (Lipinski definition) is 3. The molecule has 70 valence electrons. The van der Waals surface area contributed by atoms with Gasteiger partial charge in [0, 0.05) is 6.42 Å². The van der Waals surface area contributed by atoms with Crippen LogP contribution in [0.3, 0.4) is 0 Å². The molecule has 5 nitrogen and oxygen atoms in total. The van der Waals surface area contributed by atoms with Crippen molar-refractivity contribution >= 4 is 12.1 Å². The zero-order valence-electron chi connectivity index (χ0n) is 6.95. The van der Waals surface area contributed by atoms with E-state index < -0.39 is 12.1 Å². The summed E-state index contributed by atoms with van der Waals surface area (Å²) >= 11 is 0. The van der Waals surface area contributed by atoms with Gasteiger partial charge in [0.1, 0.15) is 0 Å². The van der Waals surface area contributed by atoms with Crippen LogP contribution in [0.25, 0.3) is 0 Å². The maximum Gasteiger partial charge on any atom is 0.404 e. The fraction of sp³-hybridized carbons (Fsp3) is 0.714. The van der Waals surface area contributed by atoms with E-state index in [0.717, 1.165) is 0 Å². The monoisotopic (exact) mass is 175 g/mol. The van der Waals surface area contributed by atoms with Gasteiger partial charge in [-0.3, -0.25) is 4.79 Å². The minimum atomic E-state index is -0.846. The third-order valence-corrected chi connectivity index (χ3v) is 1.36. The minimum Gasteiger partial charge on any atom is -0.481 e. The lowest BCUT2D eigenvalue weighted by molar-refractivity contribution is -0.137. The fourth-order valence-corrected chi connectivity index (χ4v) is 0.678. The summed E-state index contributed by atoms with van der Waals surface area (Å²) in [4.78, 5) is 20.2. The molecule has 0 radical (unpaired) electrons. The Morgan fingerprint density at radius 2 is 2.17 bits per heavy atom. The van der Waals surface area contributed by atoms with E-state index in [2.05, 4.69) is 4.74 Å². The molecule has 3 N–H and O–H groups in total. The molecule has 0 aliphatic rings. The minimum absolute atomic E-state index is 0.0357. The van der Waals surface area contributed by atoms with Crippen molar-refractivity contribution in [2.45, 2.75) is 19.8 Å². The van der Waals surface area contributed by atoms with Crippen molar-refractivity contribution in [1.82, 2.24) is 0 Å². The van der Waals surface area contributed by atoms with Crippen molar-refractivity contribution in [2.75, 3.05) is 6.61 Å². The number of ether oxygens (including phenoxy) is 1. The number of carbonyl (C=O) groups excluding carboxylic acids is 1. The second kappa shape index (κ2) is 5.40. The van der Waals surface area contributed by atoms with Gasteiger partial charge in [-0.2, -0.15) is 0 Å². The summed E-state index contributed by atoms with van der Waals surface area (Å²) in [5.41, 5.74) is 4.72. The molecule has 0 aliphatic heterocycles. The van der Waals surface area contributed by atoms with E-state index in [1.54, 1.807) is 6.92 Å². The van der Waals surface area contributed by atoms with Gasteiger partial charge in [-0.15, -0.1) is 0 Å². The summed E-state index contributed by atoms with van der Waals surface area (Å²) in [7, 11) is 0. The summed E-state index contributed by atoms with van der Waals surface area (Å²) in [5, 5.41) is 8.31. The topological polar surface area (TPSA) is 89.6 Å². The molecule has 0 spiro atoms. The summed E-state index contributed by atoms with van der Waals surface area (Å²) < 4.78 is 4.48. The van der Waals surface area contributed by atoms with Crippen molar-refractivity contribution in [3.05, 3.63) is 0 Å². The van der Waals surface area contributed by atoms with Crippen molar-refractivity contribution in [3.8, 4) is 0 Å². The van der Waals surface area contributed by atoms with Crippen LogP contribution >= 0.6 is 0 Å². The first-order valence-corrected chi connectivity index (χ1v) is 3.66. The first kappa shape index (κ1) is 10.7. The summed E-state index contributed by atoms with van der Waals surface area (Å²) in [6.45, 7) is 1.98. The molecular formula is C7H13NO4. The van der Waals surface area contributed by atoms with E-state index in [0.29, 0.717) is 6.42 Å². The first-order chi connectivity index (χ1) is 5.52. The molecule has 0 bridgehead atoms. The molecule has 0 aromatic heterocycles. The van der Waals surface area contributed by atoms with Crippen LogP contribution in [0.15, 0.2) is 0 Å². The van der Waals surface area contributed by atoms with Crippen LogP contribution in [0.1, 0.15) is 19.8 Å². The van der Waals surface area contributed by atoms with Crippen LogP contribution in [0.2, 0.25) is 0 Å². The summed E-state index contributed by atoms with van der Waals surface area (Å²) in [6, 6.07) is 0. The molecule has 1 amide bonds. The second-order valence-corrected chi connectivity index (χ2v) is 2.67. The number of hydrogen-bond donors (Lipinski definition) is 2. The Bertz CT molecular complexity index is 151. The number of nitrogens with two attached hydrogens (primary N) is 1. The standard InChI is InChI=1S/C7H13NO4/c1-5(2-3-6(9)10)4-12-7(8)11/h5H,2-4H2,1H3,(H2,8,11)(H,9,10). The van der Waals surface area contributed by atoms with Crippen LogP contribution in [-0.2, 0) is 9.53 Å². The zero-order chi connectivity index (χ0) is 9.56. The normalized spacial score (nSPS) is 12.1. The number of aliphatic carboxylic acids is 1. The first-order valence-electron chi connectivity index (χ1n) is 3.66. The van der Waals surface area contributed by atoms with Gasteiger partial charge < -0.3 is 15.6 Å². The molecule has 0 saturated heterocycles. The van der Waals surface area contributed by atoms with E-state index in [4.69, 9.17) is 10.8 Å². The summed E-state index contributed by atoms with van der Waals surface area (Å²) in [5.74, 6) is -0.811. The van der Waals surface area contributed by atoms with Gasteiger partial charge in [0.05, 0.1) is 6.61 Å². The quantitative estimate of drug-likeness (QED) is 0.639. The van der Waals surface area contributed by atoms with Gasteiger partial charge in [-0.1, -0.05) is 6.92 Å². The van der Waals surface area contributed by atoms with E-state index in [-0.39, 0.29) is 18.9 Å². The molecule has 0 aromatic carbocycles. The smallest absolute Gasteiger partial charge is 0.404 e. The number of primary amides is 1. The number of carbonyl (C=O) groups is 2. The van der Waals surface area contributed by atoms with Crippen LogP contribution < -0.4 is 5.73 Å². The number of carboxylic acids is 1. The highest BCUT2D eigenvalue weighted by Crippen LogP contribution is 2.05. The SMILES string of the molecule is CC(CCC(=O)O)COC(N)=O. The van der Waals surface area contributed by atoms with Crippen LogP contribution in [-0.4, -0.2) is 23.8 Å². The van der Waals surface area contributed by atoms with E-state index in [1.807, 2.05) is 0 Å². The van der Waals surface area contributed by atoms with Gasteiger partial charge in [0.25, 0.3) is 0 Å². The predicted molar refractivity (Wildman–Crippen MR) is 41.6 cm³/mol. The Morgan fingerprint density at radius 1 is 1.58 bits per heavy atom. The van der Waals surface area contributed by atoms with Crippen LogP contribution in [0.4, 0.5) is 4.79 Å². The second-order valence-electron chi connectivity index (χ2n) is 2.67.